The largest absolute Gasteiger partial charge is 0.324 e. The molecule has 7 aromatic rings. The van der Waals surface area contributed by atoms with E-state index in [0.717, 1.165) is 43.8 Å². The molecule has 9 rings (SSSR count). The van der Waals surface area contributed by atoms with E-state index in [2.05, 4.69) is 9.97 Å². The van der Waals surface area contributed by atoms with E-state index >= 15 is 0 Å². The number of fused-ring (bicyclic) bond motifs is 20. The molecule has 0 radical (unpaired) electrons. The molecular weight excluding hydrogens is 620 g/mol. The first-order valence-corrected chi connectivity index (χ1v) is 13.0. The zero-order valence-corrected chi connectivity index (χ0v) is 25.9. The van der Waals surface area contributed by atoms with E-state index < -0.39 is 0 Å². The Hall–Kier alpha value is -4.64. The maximum Gasteiger partial charge on any atom is 0.164 e. The number of aromatic nitrogens is 8. The number of rotatable bonds is 0. The number of hydrogen-bond acceptors (Lipinski definition) is 6. The van der Waals surface area contributed by atoms with E-state index in [4.69, 9.17) is 29.9 Å². The Bertz CT molecular complexity index is 2040. The van der Waals surface area contributed by atoms with Crippen LogP contribution in [0.15, 0.2) is 97.1 Å². The number of H-pyrrole nitrogens is 2. The summed E-state index contributed by atoms with van der Waals surface area (Å²) in [5, 5.41) is 3.82. The molecule has 4 aromatic carbocycles. The van der Waals surface area contributed by atoms with Gasteiger partial charge in [-0.25, -0.2) is 29.9 Å². The van der Waals surface area contributed by atoms with Gasteiger partial charge in [-0.1, -0.05) is 97.1 Å². The van der Waals surface area contributed by atoms with Crippen molar-refractivity contribution in [1.82, 2.24) is 39.9 Å². The minimum Gasteiger partial charge on any atom is -0.324 e. The summed E-state index contributed by atoms with van der Waals surface area (Å²) >= 11 is 0. The molecule has 0 amide bonds. The number of aromatic amines is 2. The topological polar surface area (TPSA) is 109 Å². The summed E-state index contributed by atoms with van der Waals surface area (Å²) in [6, 6.07) is 32.2. The van der Waals surface area contributed by atoms with Crippen LogP contribution in [-0.4, -0.2) is 39.9 Å². The van der Waals surface area contributed by atoms with Crippen molar-refractivity contribution in [3.8, 4) is 45.6 Å². The summed E-state index contributed by atoms with van der Waals surface area (Å²) in [7, 11) is 0. The van der Waals surface area contributed by atoms with Gasteiger partial charge in [-0.05, 0) is 0 Å². The Morgan fingerprint density at radius 3 is 0.833 bits per heavy atom. The molecule has 0 fully saturated rings. The van der Waals surface area contributed by atoms with Gasteiger partial charge in [0, 0.05) is 79.8 Å². The predicted octanol–water partition coefficient (Wildman–Crippen LogP) is 6.86. The third-order valence-corrected chi connectivity index (χ3v) is 7.46. The first-order chi connectivity index (χ1) is 19.8. The quantitative estimate of drug-likeness (QED) is 0.176. The van der Waals surface area contributed by atoms with Crippen molar-refractivity contribution in [2.45, 2.75) is 0 Å². The van der Waals surface area contributed by atoms with Gasteiger partial charge in [0.15, 0.2) is 23.3 Å². The van der Waals surface area contributed by atoms with E-state index in [1.807, 2.05) is 97.1 Å². The van der Waals surface area contributed by atoms with Crippen LogP contribution in [0.4, 0.5) is 0 Å². The fourth-order valence-corrected chi connectivity index (χ4v) is 5.59. The standard InChI is InChI=1S/C32H18N8.Ni.Zn/c1-2-10-18-17(9-1)25-33-26(18)38-28-21-13-5-6-14-22(21)30(35-28)40-32-24-16-8-7-15-23(24)31(36-32)39-29-20-12-4-3-11-19(20)27(34-29)37-25;;/h1-16H,(H2,33,34,35,36,37,38,39,40);;. The fourth-order valence-electron chi connectivity index (χ4n) is 5.59. The summed E-state index contributed by atoms with van der Waals surface area (Å²) in [5.41, 5.74) is 6.45. The number of hydrogen-bond donors (Lipinski definition) is 2. The number of nitrogens with zero attached hydrogens (tertiary/aromatic N) is 6. The second-order valence-corrected chi connectivity index (χ2v) is 9.79. The van der Waals surface area contributed by atoms with Gasteiger partial charge >= 0.3 is 0 Å². The molecule has 2 aliphatic heterocycles. The zero-order chi connectivity index (χ0) is 26.2. The van der Waals surface area contributed by atoms with Crippen LogP contribution in [0.3, 0.4) is 0 Å². The molecule has 2 N–H and O–H groups in total. The van der Waals surface area contributed by atoms with Gasteiger partial charge in [-0.2, -0.15) is 0 Å². The molecule has 0 saturated heterocycles. The average Bonchev–Trinajstić information content (AvgIpc) is 3.73. The van der Waals surface area contributed by atoms with Crippen LogP contribution in [0.5, 0.6) is 0 Å². The van der Waals surface area contributed by atoms with Crippen LogP contribution in [0.1, 0.15) is 0 Å². The molecule has 198 valence electrons. The van der Waals surface area contributed by atoms with E-state index in [1.54, 1.807) is 0 Å². The molecule has 42 heavy (non-hydrogen) atoms. The van der Waals surface area contributed by atoms with Gasteiger partial charge in [0.25, 0.3) is 0 Å². The molecule has 8 nitrogen and oxygen atoms in total. The van der Waals surface area contributed by atoms with Crippen molar-refractivity contribution in [2.24, 2.45) is 0 Å². The molecule has 0 spiro atoms. The van der Waals surface area contributed by atoms with Gasteiger partial charge in [-0.3, -0.25) is 0 Å². The van der Waals surface area contributed by atoms with Crippen molar-refractivity contribution in [2.75, 3.05) is 0 Å². The van der Waals surface area contributed by atoms with Gasteiger partial charge in [0.1, 0.15) is 22.6 Å². The Labute approximate surface area is 261 Å². The molecule has 2 aliphatic rings. The normalized spacial score (nSPS) is 11.4. The van der Waals surface area contributed by atoms with E-state index in [9.17, 15) is 0 Å². The third kappa shape index (κ3) is 3.91. The van der Waals surface area contributed by atoms with Crippen molar-refractivity contribution < 1.29 is 36.0 Å². The van der Waals surface area contributed by atoms with Gasteiger partial charge < -0.3 is 9.97 Å². The fraction of sp³-hybridized carbons (Fsp3) is 0. The second kappa shape index (κ2) is 10.0. The van der Waals surface area contributed by atoms with Gasteiger partial charge in [0.05, 0.1) is 0 Å². The predicted molar refractivity (Wildman–Crippen MR) is 156 cm³/mol. The van der Waals surface area contributed by atoms with Crippen LogP contribution in [-0.2, 0) is 36.0 Å². The summed E-state index contributed by atoms with van der Waals surface area (Å²) in [4.78, 5) is 36.8. The van der Waals surface area contributed by atoms with Crippen LogP contribution in [0.2, 0.25) is 0 Å². The Morgan fingerprint density at radius 2 is 0.571 bits per heavy atom. The van der Waals surface area contributed by atoms with Gasteiger partial charge in [0.2, 0.25) is 0 Å². The molecule has 10 heteroatoms. The maximum atomic E-state index is 5.02. The van der Waals surface area contributed by atoms with E-state index in [-0.39, 0.29) is 36.0 Å². The van der Waals surface area contributed by atoms with Crippen molar-refractivity contribution in [3.05, 3.63) is 97.1 Å². The summed E-state index contributed by atoms with van der Waals surface area (Å²) < 4.78 is 0. The van der Waals surface area contributed by atoms with E-state index in [0.29, 0.717) is 45.9 Å². The summed E-state index contributed by atoms with van der Waals surface area (Å²) in [5.74, 6) is 2.39. The van der Waals surface area contributed by atoms with Crippen LogP contribution in [0.25, 0.3) is 89.7 Å². The molecule has 0 unspecified atom stereocenters. The van der Waals surface area contributed by atoms with Crippen molar-refractivity contribution in [3.63, 3.8) is 0 Å². The third-order valence-electron chi connectivity index (χ3n) is 7.46. The van der Waals surface area contributed by atoms with Crippen LogP contribution >= 0.6 is 0 Å². The average molecular weight is 639 g/mol. The Morgan fingerprint density at radius 1 is 0.333 bits per heavy atom. The Kier molecular flexibility index (Phi) is 6.27. The monoisotopic (exact) mass is 636 g/mol. The van der Waals surface area contributed by atoms with Crippen molar-refractivity contribution >= 4 is 44.1 Å². The van der Waals surface area contributed by atoms with Crippen LogP contribution < -0.4 is 0 Å². The second-order valence-electron chi connectivity index (χ2n) is 9.79. The van der Waals surface area contributed by atoms with Crippen LogP contribution in [0, 0.1) is 0 Å². The number of nitrogens with one attached hydrogen (secondary N) is 2. The van der Waals surface area contributed by atoms with Gasteiger partial charge in [-0.15, -0.1) is 0 Å². The molecule has 8 bridgehead atoms. The zero-order valence-electron chi connectivity index (χ0n) is 21.9. The minimum absolute atomic E-state index is 0. The van der Waals surface area contributed by atoms with Crippen molar-refractivity contribution in [1.29, 1.82) is 0 Å². The SMILES string of the molecule is [Ni].[Zn].c1ccc2c(c1)-c1nc-2nc2[nH]c(nc3nc(nc4[nH]c(n1)c1ccccc41)-c1ccccc1-3)c1ccccc21. The maximum absolute atomic E-state index is 5.02. The molecule has 3 aromatic heterocycles. The molecular formula is C32H18N8NiZn. The molecule has 5 heterocycles. The summed E-state index contributed by atoms with van der Waals surface area (Å²) in [6.45, 7) is 0. The molecule has 0 atom stereocenters. The smallest absolute Gasteiger partial charge is 0.164 e. The Balaban J connectivity index is 0.00000144. The minimum atomic E-state index is 0. The first-order valence-electron chi connectivity index (χ1n) is 13.0. The summed E-state index contributed by atoms with van der Waals surface area (Å²) in [6.07, 6.45) is 0. The molecule has 0 aliphatic carbocycles. The first kappa shape index (κ1) is 26.3. The van der Waals surface area contributed by atoms with E-state index in [1.165, 1.54) is 0 Å². The molecule has 0 saturated carbocycles. The number of benzene rings is 4.